The molecule has 0 aliphatic rings. The fourth-order valence-corrected chi connectivity index (χ4v) is 3.49. The summed E-state index contributed by atoms with van der Waals surface area (Å²) in [6.07, 6.45) is 1.59. The Kier molecular flexibility index (Phi) is 7.43. The summed E-state index contributed by atoms with van der Waals surface area (Å²) in [6, 6.07) is 15.7. The first kappa shape index (κ1) is 23.9. The van der Waals surface area contributed by atoms with Gasteiger partial charge in [0.15, 0.2) is 0 Å². The molecule has 7 nitrogen and oxygen atoms in total. The van der Waals surface area contributed by atoms with Crippen LogP contribution in [0.5, 0.6) is 6.01 Å². The first-order valence-corrected chi connectivity index (χ1v) is 10.8. The van der Waals surface area contributed by atoms with Crippen molar-refractivity contribution in [2.24, 2.45) is 5.18 Å². The number of nitrogens with zero attached hydrogens (tertiary/aromatic N) is 3. The highest BCUT2D eigenvalue weighted by Crippen LogP contribution is 2.27. The molecule has 33 heavy (non-hydrogen) atoms. The maximum atomic E-state index is 12.7. The normalized spacial score (nSPS) is 11.2. The van der Waals surface area contributed by atoms with E-state index in [0.29, 0.717) is 36.1 Å². The second-order valence-corrected chi connectivity index (χ2v) is 8.48. The molecule has 172 valence electrons. The molecule has 0 bridgehead atoms. The number of benzene rings is 2. The van der Waals surface area contributed by atoms with Gasteiger partial charge >= 0.3 is 5.97 Å². The van der Waals surface area contributed by atoms with E-state index >= 15 is 0 Å². The van der Waals surface area contributed by atoms with Crippen molar-refractivity contribution in [3.05, 3.63) is 82.5 Å². The van der Waals surface area contributed by atoms with E-state index in [2.05, 4.69) is 16.7 Å². The van der Waals surface area contributed by atoms with Gasteiger partial charge < -0.3 is 9.47 Å². The topological polar surface area (TPSA) is 82.8 Å². The van der Waals surface area contributed by atoms with E-state index < -0.39 is 5.60 Å². The molecule has 0 atom stereocenters. The van der Waals surface area contributed by atoms with Gasteiger partial charge in [-0.25, -0.2) is 4.79 Å². The van der Waals surface area contributed by atoms with Crippen molar-refractivity contribution in [3.8, 4) is 17.1 Å². The standard InChI is InChI=1S/C26H29N3O4/c1-6-22-23(16-27-31)29(25(28-22)32-7-2)17-18-12-14-19(15-13-18)20-10-8-9-11-21(20)24(30)33-26(3,4)5/h6,8-15H,1,7,16-17H2,2-5H3. The molecule has 0 N–H and O–H groups in total. The van der Waals surface area contributed by atoms with Gasteiger partial charge in [0.1, 0.15) is 12.1 Å². The largest absolute Gasteiger partial charge is 0.465 e. The lowest BCUT2D eigenvalue weighted by molar-refractivity contribution is 0.00704. The second-order valence-electron chi connectivity index (χ2n) is 8.48. The van der Waals surface area contributed by atoms with Gasteiger partial charge in [-0.05, 0) is 56.5 Å². The monoisotopic (exact) mass is 447 g/mol. The van der Waals surface area contributed by atoms with Crippen LogP contribution >= 0.6 is 0 Å². The van der Waals surface area contributed by atoms with Crippen molar-refractivity contribution >= 4 is 12.0 Å². The number of ether oxygens (including phenoxy) is 2. The van der Waals surface area contributed by atoms with Crippen LogP contribution in [0.15, 0.2) is 60.3 Å². The smallest absolute Gasteiger partial charge is 0.339 e. The third kappa shape index (κ3) is 5.74. The van der Waals surface area contributed by atoms with Gasteiger partial charge in [-0.1, -0.05) is 54.2 Å². The van der Waals surface area contributed by atoms with Crippen LogP contribution in [0, 0.1) is 4.91 Å². The molecule has 2 aromatic carbocycles. The lowest BCUT2D eigenvalue weighted by atomic mass is 9.98. The van der Waals surface area contributed by atoms with Gasteiger partial charge in [-0.3, -0.25) is 4.57 Å². The van der Waals surface area contributed by atoms with E-state index in [1.165, 1.54) is 0 Å². The highest BCUT2D eigenvalue weighted by molar-refractivity contribution is 5.97. The van der Waals surface area contributed by atoms with Crippen LogP contribution in [-0.4, -0.2) is 27.7 Å². The molecule has 0 spiro atoms. The highest BCUT2D eigenvalue weighted by Gasteiger charge is 2.21. The minimum Gasteiger partial charge on any atom is -0.465 e. The Morgan fingerprint density at radius 2 is 1.85 bits per heavy atom. The Balaban J connectivity index is 1.92. The molecule has 1 heterocycles. The minimum atomic E-state index is -0.574. The van der Waals surface area contributed by atoms with Crippen LogP contribution in [0.1, 0.15) is 55.0 Å². The first-order chi connectivity index (χ1) is 15.8. The van der Waals surface area contributed by atoms with E-state index in [1.807, 2.05) is 74.7 Å². The van der Waals surface area contributed by atoms with Crippen molar-refractivity contribution in [2.45, 2.75) is 46.4 Å². The fourth-order valence-electron chi connectivity index (χ4n) is 3.49. The van der Waals surface area contributed by atoms with Crippen molar-refractivity contribution in [3.63, 3.8) is 0 Å². The third-order valence-corrected chi connectivity index (χ3v) is 4.90. The Morgan fingerprint density at radius 1 is 1.15 bits per heavy atom. The minimum absolute atomic E-state index is 0.0250. The van der Waals surface area contributed by atoms with Gasteiger partial charge in [-0.15, -0.1) is 0 Å². The summed E-state index contributed by atoms with van der Waals surface area (Å²) in [4.78, 5) is 28.1. The summed E-state index contributed by atoms with van der Waals surface area (Å²) < 4.78 is 13.1. The molecule has 0 aliphatic heterocycles. The zero-order chi connectivity index (χ0) is 24.0. The Hall–Kier alpha value is -3.74. The number of rotatable bonds is 9. The van der Waals surface area contributed by atoms with E-state index in [-0.39, 0.29) is 12.5 Å². The number of imidazole rings is 1. The van der Waals surface area contributed by atoms with E-state index in [4.69, 9.17) is 9.47 Å². The van der Waals surface area contributed by atoms with E-state index in [1.54, 1.807) is 12.1 Å². The van der Waals surface area contributed by atoms with Gasteiger partial charge in [0.05, 0.1) is 30.1 Å². The van der Waals surface area contributed by atoms with Crippen molar-refractivity contribution in [2.75, 3.05) is 6.61 Å². The fraction of sp³-hybridized carbons (Fsp3) is 0.308. The summed E-state index contributed by atoms with van der Waals surface area (Å²) in [5.74, 6) is -0.357. The average molecular weight is 448 g/mol. The summed E-state index contributed by atoms with van der Waals surface area (Å²) in [5, 5.41) is 3.04. The van der Waals surface area contributed by atoms with Gasteiger partial charge in [-0.2, -0.15) is 9.89 Å². The molecule has 0 unspecified atom stereocenters. The molecule has 0 saturated heterocycles. The summed E-state index contributed by atoms with van der Waals surface area (Å²) in [5.41, 5.74) is 3.87. The van der Waals surface area contributed by atoms with E-state index in [0.717, 1.165) is 16.7 Å². The predicted molar refractivity (Wildman–Crippen MR) is 129 cm³/mol. The lowest BCUT2D eigenvalue weighted by Gasteiger charge is -2.20. The third-order valence-electron chi connectivity index (χ3n) is 4.90. The van der Waals surface area contributed by atoms with Crippen LogP contribution in [0.25, 0.3) is 17.2 Å². The molecule has 7 heteroatoms. The Morgan fingerprint density at radius 3 is 2.45 bits per heavy atom. The molecule has 0 amide bonds. The molecule has 3 aromatic rings. The van der Waals surface area contributed by atoms with Crippen LogP contribution in [0.4, 0.5) is 0 Å². The van der Waals surface area contributed by atoms with Gasteiger partial charge in [0.25, 0.3) is 6.01 Å². The van der Waals surface area contributed by atoms with Crippen molar-refractivity contribution in [1.82, 2.24) is 9.55 Å². The number of carbonyl (C=O) groups excluding carboxylic acids is 1. The van der Waals surface area contributed by atoms with Crippen LogP contribution in [0.2, 0.25) is 0 Å². The van der Waals surface area contributed by atoms with Gasteiger partial charge in [0, 0.05) is 0 Å². The summed E-state index contributed by atoms with van der Waals surface area (Å²) in [7, 11) is 0. The maximum Gasteiger partial charge on any atom is 0.339 e. The maximum absolute atomic E-state index is 12.7. The van der Waals surface area contributed by atoms with Gasteiger partial charge in [0.2, 0.25) is 0 Å². The number of aromatic nitrogens is 2. The zero-order valence-corrected chi connectivity index (χ0v) is 19.5. The predicted octanol–water partition coefficient (Wildman–Crippen LogP) is 5.86. The van der Waals surface area contributed by atoms with Crippen LogP contribution in [-0.2, 0) is 17.8 Å². The molecule has 0 saturated carbocycles. The van der Waals surface area contributed by atoms with Crippen LogP contribution in [0.3, 0.4) is 0 Å². The number of nitroso groups, excluding NO2 is 1. The second kappa shape index (κ2) is 10.3. The Labute approximate surface area is 194 Å². The zero-order valence-electron chi connectivity index (χ0n) is 19.5. The molecule has 0 fully saturated rings. The Bertz CT molecular complexity index is 1140. The molecular weight excluding hydrogens is 418 g/mol. The molecule has 3 rings (SSSR count). The number of hydrogen-bond acceptors (Lipinski definition) is 6. The van der Waals surface area contributed by atoms with Crippen LogP contribution < -0.4 is 4.74 Å². The SMILES string of the molecule is C=Cc1nc(OCC)n(Cc2ccc(-c3ccccc3C(=O)OC(C)(C)C)cc2)c1CN=O. The van der Waals surface area contributed by atoms with Crippen molar-refractivity contribution in [1.29, 1.82) is 0 Å². The quantitative estimate of drug-likeness (QED) is 0.303. The first-order valence-electron chi connectivity index (χ1n) is 10.8. The number of esters is 1. The lowest BCUT2D eigenvalue weighted by Crippen LogP contribution is -2.24. The number of carbonyl (C=O) groups is 1. The highest BCUT2D eigenvalue weighted by atomic mass is 16.6. The molecule has 0 radical (unpaired) electrons. The molecule has 0 aliphatic carbocycles. The number of hydrogen-bond donors (Lipinski definition) is 0. The average Bonchev–Trinajstić information content (AvgIpc) is 3.10. The van der Waals surface area contributed by atoms with Crippen molar-refractivity contribution < 1.29 is 14.3 Å². The molecule has 1 aromatic heterocycles. The van der Waals surface area contributed by atoms with E-state index in [9.17, 15) is 9.70 Å². The molecular formula is C26H29N3O4. The summed E-state index contributed by atoms with van der Waals surface area (Å²) >= 11 is 0. The summed E-state index contributed by atoms with van der Waals surface area (Å²) in [6.45, 7) is 12.1.